The molecule has 1 aromatic heterocycles. The Hall–Kier alpha value is -1.82. The molecule has 2 rings (SSSR count). The summed E-state index contributed by atoms with van der Waals surface area (Å²) in [6.07, 6.45) is 1.61. The third kappa shape index (κ3) is 2.85. The Bertz CT molecular complexity index is 526. The number of benzene rings is 1. The van der Waals surface area contributed by atoms with E-state index in [1.165, 1.54) is 6.07 Å². The smallest absolute Gasteiger partial charge is 0.255 e. The Balaban J connectivity index is 2.04. The molecule has 0 fully saturated rings. The van der Waals surface area contributed by atoms with Crippen molar-refractivity contribution in [2.45, 2.75) is 6.54 Å². The standard InChI is InChI=1S/C11H10BrN3O2/c12-7-1-2-9(10(16)5-7)11(17)13-6-8-3-4-14-15-8/h1-5,16H,6H2,(H,13,17)(H,14,15). The van der Waals surface area contributed by atoms with Crippen molar-refractivity contribution in [2.75, 3.05) is 0 Å². The topological polar surface area (TPSA) is 78.0 Å². The predicted octanol–water partition coefficient (Wildman–Crippen LogP) is 1.81. The first kappa shape index (κ1) is 11.7. The minimum atomic E-state index is -0.329. The Kier molecular flexibility index (Phi) is 3.43. The van der Waals surface area contributed by atoms with Gasteiger partial charge in [-0.1, -0.05) is 15.9 Å². The van der Waals surface area contributed by atoms with Gasteiger partial charge < -0.3 is 10.4 Å². The molecule has 0 aliphatic carbocycles. The van der Waals surface area contributed by atoms with Crippen LogP contribution in [0.3, 0.4) is 0 Å². The number of nitrogens with one attached hydrogen (secondary N) is 2. The monoisotopic (exact) mass is 295 g/mol. The lowest BCUT2D eigenvalue weighted by molar-refractivity contribution is 0.0947. The summed E-state index contributed by atoms with van der Waals surface area (Å²) in [6.45, 7) is 0.342. The zero-order valence-electron chi connectivity index (χ0n) is 8.77. The van der Waals surface area contributed by atoms with Crippen molar-refractivity contribution in [2.24, 2.45) is 0 Å². The molecule has 0 aliphatic heterocycles. The molecule has 3 N–H and O–H groups in total. The molecule has 0 spiro atoms. The van der Waals surface area contributed by atoms with E-state index in [1.54, 1.807) is 24.4 Å². The second kappa shape index (κ2) is 5.01. The number of carbonyl (C=O) groups is 1. The highest BCUT2D eigenvalue weighted by Crippen LogP contribution is 2.22. The molecule has 1 amide bonds. The van der Waals surface area contributed by atoms with Crippen LogP contribution in [0.25, 0.3) is 0 Å². The van der Waals surface area contributed by atoms with Crippen molar-refractivity contribution >= 4 is 21.8 Å². The molecule has 17 heavy (non-hydrogen) atoms. The minimum absolute atomic E-state index is 0.0542. The van der Waals surface area contributed by atoms with Gasteiger partial charge in [0.25, 0.3) is 5.91 Å². The molecular weight excluding hydrogens is 286 g/mol. The minimum Gasteiger partial charge on any atom is -0.507 e. The quantitative estimate of drug-likeness (QED) is 0.808. The average molecular weight is 296 g/mol. The second-order valence-corrected chi connectivity index (χ2v) is 4.34. The average Bonchev–Trinajstić information content (AvgIpc) is 2.78. The molecular formula is C11H10BrN3O2. The third-order valence-corrected chi connectivity index (χ3v) is 2.70. The fourth-order valence-corrected chi connectivity index (χ4v) is 1.70. The van der Waals surface area contributed by atoms with Gasteiger partial charge in [-0.15, -0.1) is 0 Å². The lowest BCUT2D eigenvalue weighted by Crippen LogP contribution is -2.23. The van der Waals surface area contributed by atoms with Gasteiger partial charge in [0, 0.05) is 10.7 Å². The number of phenols is 1. The van der Waals surface area contributed by atoms with Gasteiger partial charge in [-0.2, -0.15) is 5.10 Å². The molecule has 6 heteroatoms. The Morgan fingerprint density at radius 3 is 2.94 bits per heavy atom. The summed E-state index contributed by atoms with van der Waals surface area (Å²) in [4.78, 5) is 11.8. The van der Waals surface area contributed by atoms with Crippen molar-refractivity contribution in [1.29, 1.82) is 0 Å². The largest absolute Gasteiger partial charge is 0.507 e. The molecule has 0 aliphatic rings. The number of carbonyl (C=O) groups excluding carboxylic acids is 1. The van der Waals surface area contributed by atoms with Crippen LogP contribution in [0.4, 0.5) is 0 Å². The van der Waals surface area contributed by atoms with Crippen LogP contribution in [0.5, 0.6) is 5.75 Å². The summed E-state index contributed by atoms with van der Waals surface area (Å²) < 4.78 is 0.722. The first-order chi connectivity index (χ1) is 8.16. The van der Waals surface area contributed by atoms with Gasteiger partial charge in [-0.25, -0.2) is 0 Å². The Morgan fingerprint density at radius 1 is 1.47 bits per heavy atom. The van der Waals surface area contributed by atoms with Gasteiger partial charge in [0.2, 0.25) is 0 Å². The number of aromatic nitrogens is 2. The molecule has 5 nitrogen and oxygen atoms in total. The number of hydrogen-bond acceptors (Lipinski definition) is 3. The van der Waals surface area contributed by atoms with Crippen LogP contribution in [-0.4, -0.2) is 21.2 Å². The van der Waals surface area contributed by atoms with Gasteiger partial charge in [-0.3, -0.25) is 9.89 Å². The van der Waals surface area contributed by atoms with Gasteiger partial charge in [0.05, 0.1) is 17.8 Å². The number of amides is 1. The van der Waals surface area contributed by atoms with Gasteiger partial charge in [-0.05, 0) is 24.3 Å². The van der Waals surface area contributed by atoms with Crippen molar-refractivity contribution in [3.8, 4) is 5.75 Å². The van der Waals surface area contributed by atoms with E-state index in [-0.39, 0.29) is 17.2 Å². The zero-order valence-corrected chi connectivity index (χ0v) is 10.4. The molecule has 0 bridgehead atoms. The molecule has 0 saturated heterocycles. The number of aromatic hydroxyl groups is 1. The van der Waals surface area contributed by atoms with E-state index in [4.69, 9.17) is 0 Å². The first-order valence-corrected chi connectivity index (χ1v) is 5.71. The van der Waals surface area contributed by atoms with Crippen LogP contribution >= 0.6 is 15.9 Å². The van der Waals surface area contributed by atoms with E-state index in [1.807, 2.05) is 0 Å². The summed E-state index contributed by atoms with van der Waals surface area (Å²) in [5.41, 5.74) is 1.04. The highest BCUT2D eigenvalue weighted by molar-refractivity contribution is 9.10. The van der Waals surface area contributed by atoms with Gasteiger partial charge >= 0.3 is 0 Å². The van der Waals surface area contributed by atoms with Crippen molar-refractivity contribution in [3.05, 3.63) is 46.2 Å². The van der Waals surface area contributed by atoms with E-state index in [0.29, 0.717) is 6.54 Å². The number of H-pyrrole nitrogens is 1. The van der Waals surface area contributed by atoms with E-state index in [9.17, 15) is 9.90 Å². The summed E-state index contributed by atoms with van der Waals surface area (Å²) in [7, 11) is 0. The molecule has 1 aromatic carbocycles. The van der Waals surface area contributed by atoms with Crippen molar-refractivity contribution in [1.82, 2.24) is 15.5 Å². The SMILES string of the molecule is O=C(NCc1ccn[nH]1)c1ccc(Br)cc1O. The number of hydrogen-bond donors (Lipinski definition) is 3. The van der Waals surface area contributed by atoms with Crippen LogP contribution in [0, 0.1) is 0 Å². The van der Waals surface area contributed by atoms with Crippen molar-refractivity contribution < 1.29 is 9.90 Å². The maximum Gasteiger partial charge on any atom is 0.255 e. The third-order valence-electron chi connectivity index (χ3n) is 2.20. The molecule has 0 unspecified atom stereocenters. The number of phenolic OH excluding ortho intramolecular Hbond substituents is 1. The normalized spacial score (nSPS) is 10.2. The molecule has 88 valence electrons. The Labute approximate surface area is 106 Å². The highest BCUT2D eigenvalue weighted by Gasteiger charge is 2.10. The number of nitrogens with zero attached hydrogens (tertiary/aromatic N) is 1. The lowest BCUT2D eigenvalue weighted by Gasteiger charge is -2.05. The van der Waals surface area contributed by atoms with E-state index >= 15 is 0 Å². The fraction of sp³-hybridized carbons (Fsp3) is 0.0909. The Morgan fingerprint density at radius 2 is 2.29 bits per heavy atom. The number of halogens is 1. The van der Waals surface area contributed by atoms with Crippen LogP contribution in [-0.2, 0) is 6.54 Å². The maximum absolute atomic E-state index is 11.8. The zero-order chi connectivity index (χ0) is 12.3. The number of aromatic amines is 1. The molecule has 0 saturated carbocycles. The molecule has 0 atom stereocenters. The lowest BCUT2D eigenvalue weighted by atomic mass is 10.2. The predicted molar refractivity (Wildman–Crippen MR) is 65.6 cm³/mol. The van der Waals surface area contributed by atoms with Crippen LogP contribution in [0.15, 0.2) is 34.9 Å². The van der Waals surface area contributed by atoms with Crippen LogP contribution in [0.2, 0.25) is 0 Å². The van der Waals surface area contributed by atoms with E-state index in [2.05, 4.69) is 31.4 Å². The van der Waals surface area contributed by atoms with Gasteiger partial charge in [0.1, 0.15) is 5.75 Å². The maximum atomic E-state index is 11.8. The number of rotatable bonds is 3. The van der Waals surface area contributed by atoms with Gasteiger partial charge in [0.15, 0.2) is 0 Å². The molecule has 1 heterocycles. The summed E-state index contributed by atoms with van der Waals surface area (Å²) >= 11 is 3.21. The van der Waals surface area contributed by atoms with E-state index in [0.717, 1.165) is 10.2 Å². The summed E-state index contributed by atoms with van der Waals surface area (Å²) in [5.74, 6) is -0.383. The van der Waals surface area contributed by atoms with Crippen LogP contribution < -0.4 is 5.32 Å². The molecule has 0 radical (unpaired) electrons. The van der Waals surface area contributed by atoms with Crippen LogP contribution in [0.1, 0.15) is 16.1 Å². The van der Waals surface area contributed by atoms with Crippen molar-refractivity contribution in [3.63, 3.8) is 0 Å². The van der Waals surface area contributed by atoms with E-state index < -0.39 is 0 Å². The fourth-order valence-electron chi connectivity index (χ4n) is 1.35. The second-order valence-electron chi connectivity index (χ2n) is 3.43. The summed E-state index contributed by atoms with van der Waals surface area (Å²) in [5, 5.41) is 18.8. The first-order valence-electron chi connectivity index (χ1n) is 4.92. The summed E-state index contributed by atoms with van der Waals surface area (Å²) in [6, 6.07) is 6.50. The molecule has 2 aromatic rings. The highest BCUT2D eigenvalue weighted by atomic mass is 79.9.